The maximum atomic E-state index is 13.9. The lowest BCUT2D eigenvalue weighted by Gasteiger charge is -2.56. The zero-order valence-corrected chi connectivity index (χ0v) is 35.6. The lowest BCUT2D eigenvalue weighted by Crippen LogP contribution is -2.55. The molecular formula is C46H57N9O4S. The Bertz CT molecular complexity index is 2500. The number of aromatic nitrogens is 3. The molecule has 4 fully saturated rings. The molecule has 3 aromatic heterocycles. The van der Waals surface area contributed by atoms with E-state index in [0.717, 1.165) is 50.7 Å². The number of likely N-dealkylation sites (tertiary alicyclic amines) is 1. The highest BCUT2D eigenvalue weighted by atomic mass is 32.2. The van der Waals surface area contributed by atoms with E-state index in [1.807, 2.05) is 19.1 Å². The van der Waals surface area contributed by atoms with Crippen molar-refractivity contribution in [2.75, 3.05) is 42.1 Å². The number of pyridine rings is 2. The fraction of sp³-hybridized carbons (Fsp3) is 0.457. The molecule has 5 heterocycles. The van der Waals surface area contributed by atoms with Gasteiger partial charge in [-0.15, -0.1) is 0 Å². The van der Waals surface area contributed by atoms with Gasteiger partial charge in [0.2, 0.25) is 0 Å². The molecule has 9 rings (SSSR count). The Morgan fingerprint density at radius 3 is 2.53 bits per heavy atom. The van der Waals surface area contributed by atoms with Crippen LogP contribution in [0.2, 0.25) is 0 Å². The van der Waals surface area contributed by atoms with Gasteiger partial charge in [0.05, 0.1) is 22.5 Å². The van der Waals surface area contributed by atoms with E-state index in [-0.39, 0.29) is 27.4 Å². The van der Waals surface area contributed by atoms with Crippen LogP contribution in [0.15, 0.2) is 84.1 Å². The van der Waals surface area contributed by atoms with Crippen LogP contribution in [0, 0.1) is 11.3 Å². The Hall–Kier alpha value is -5.18. The van der Waals surface area contributed by atoms with Crippen molar-refractivity contribution in [2.45, 2.75) is 101 Å². The summed E-state index contributed by atoms with van der Waals surface area (Å²) in [5.41, 5.74) is 17.2. The molecule has 1 atom stereocenters. The molecule has 0 unspecified atom stereocenters. The van der Waals surface area contributed by atoms with Crippen molar-refractivity contribution < 1.29 is 17.9 Å². The third-order valence-corrected chi connectivity index (χ3v) is 14.9. The van der Waals surface area contributed by atoms with Crippen LogP contribution in [0.5, 0.6) is 11.5 Å². The van der Waals surface area contributed by atoms with Crippen LogP contribution in [-0.4, -0.2) is 71.9 Å². The number of nitrogens with one attached hydrogen (secondary N) is 3. The smallest absolute Gasteiger partial charge is 0.270 e. The number of nitrogens with zero attached hydrogens (tertiary/aromatic N) is 4. The van der Waals surface area contributed by atoms with Gasteiger partial charge in [0.1, 0.15) is 28.5 Å². The molecule has 13 nitrogen and oxygen atoms in total. The number of carbonyl (C=O) groups excluding carboxylic acids is 1. The first-order valence-corrected chi connectivity index (χ1v) is 22.9. The average molecular weight is 832 g/mol. The highest BCUT2D eigenvalue weighted by Crippen LogP contribution is 2.54. The molecular weight excluding hydrogens is 775 g/mol. The molecule has 2 aliphatic carbocycles. The van der Waals surface area contributed by atoms with E-state index in [9.17, 15) is 13.2 Å². The zero-order valence-electron chi connectivity index (χ0n) is 34.8. The summed E-state index contributed by atoms with van der Waals surface area (Å²) in [6.07, 6.45) is 13.6. The van der Waals surface area contributed by atoms with Crippen molar-refractivity contribution in [2.24, 2.45) is 17.1 Å². The number of amides is 1. The monoisotopic (exact) mass is 831 g/mol. The minimum Gasteiger partial charge on any atom is -0.455 e. The van der Waals surface area contributed by atoms with Crippen LogP contribution in [-0.2, 0) is 10.0 Å². The van der Waals surface area contributed by atoms with Crippen LogP contribution in [0.1, 0.15) is 106 Å². The van der Waals surface area contributed by atoms with Crippen LogP contribution >= 0.6 is 0 Å². The van der Waals surface area contributed by atoms with E-state index in [1.54, 1.807) is 24.5 Å². The molecule has 0 radical (unpaired) electrons. The number of H-pyrrole nitrogens is 1. The molecule has 1 spiro atoms. The van der Waals surface area contributed by atoms with Crippen LogP contribution in [0.4, 0.5) is 17.2 Å². The number of fused-ring (bicyclic) bond motifs is 1. The molecule has 2 saturated heterocycles. The van der Waals surface area contributed by atoms with Crippen molar-refractivity contribution in [3.8, 4) is 11.5 Å². The number of aromatic amines is 1. The van der Waals surface area contributed by atoms with Crippen molar-refractivity contribution >= 4 is 44.2 Å². The minimum absolute atomic E-state index is 0.0235. The highest BCUT2D eigenvalue weighted by Gasteiger charge is 2.50. The van der Waals surface area contributed by atoms with E-state index in [2.05, 4.69) is 67.9 Å². The predicted molar refractivity (Wildman–Crippen MR) is 236 cm³/mol. The summed E-state index contributed by atoms with van der Waals surface area (Å²) in [6, 6.07) is 20.0. The summed E-state index contributed by atoms with van der Waals surface area (Å²) in [5, 5.41) is 4.14. The molecule has 2 saturated carbocycles. The van der Waals surface area contributed by atoms with Gasteiger partial charge < -0.3 is 31.4 Å². The molecule has 5 aromatic rings. The minimum atomic E-state index is -4.31. The molecule has 14 heteroatoms. The molecule has 316 valence electrons. The zero-order chi connectivity index (χ0) is 41.8. The van der Waals surface area contributed by atoms with Gasteiger partial charge in [0.25, 0.3) is 15.9 Å². The number of nitrogens with two attached hydrogens (primary N) is 2. The Morgan fingerprint density at radius 1 is 1.00 bits per heavy atom. The first-order chi connectivity index (χ1) is 28.7. The predicted octanol–water partition coefficient (Wildman–Crippen LogP) is 7.70. The second-order valence-corrected chi connectivity index (χ2v) is 20.1. The third-order valence-electron chi connectivity index (χ3n) is 13.6. The van der Waals surface area contributed by atoms with Gasteiger partial charge >= 0.3 is 0 Å². The summed E-state index contributed by atoms with van der Waals surface area (Å²) in [6.45, 7) is 10.1. The maximum absolute atomic E-state index is 13.9. The van der Waals surface area contributed by atoms with Gasteiger partial charge in [-0.05, 0) is 124 Å². The fourth-order valence-corrected chi connectivity index (χ4v) is 11.4. The van der Waals surface area contributed by atoms with E-state index >= 15 is 0 Å². The number of hydrogen-bond acceptors (Lipinski definition) is 11. The van der Waals surface area contributed by atoms with Crippen LogP contribution < -0.4 is 31.1 Å². The fourth-order valence-electron chi connectivity index (χ4n) is 10.4. The molecule has 0 bridgehead atoms. The molecule has 7 N–H and O–H groups in total. The van der Waals surface area contributed by atoms with Crippen LogP contribution in [0.25, 0.3) is 11.0 Å². The highest BCUT2D eigenvalue weighted by molar-refractivity contribution is 7.90. The van der Waals surface area contributed by atoms with E-state index < -0.39 is 15.9 Å². The molecule has 60 heavy (non-hydrogen) atoms. The second-order valence-electron chi connectivity index (χ2n) is 18.4. The Labute approximate surface area is 352 Å². The Kier molecular flexibility index (Phi) is 10.5. The Morgan fingerprint density at radius 2 is 1.78 bits per heavy atom. The number of rotatable bonds is 12. The number of benzene rings is 2. The second kappa shape index (κ2) is 15.7. The standard InChI is InChI=1S/C46H57N9O4S/c1-29(2)35-7-4-5-8-36(35)40-9-6-16-55(40)32-24-46(25-32)13-17-54(18-14-46)42-21-41(59-33-19-31-12-15-49-43(31)52-27-33)37(28-51-42)44(56)53-60(57,58)34-10-11-39(38(47)20-34)50-26-30-22-45(3,48)23-30/h4-5,7-8,10-12,15,19-21,27-30,32,40,50H,6,9,13-14,16-18,22-26,47-48H2,1-3H3,(H,49,52)(H,53,56)/t30?,40-,45?/m0/s1. The first-order valence-electron chi connectivity index (χ1n) is 21.4. The summed E-state index contributed by atoms with van der Waals surface area (Å²) in [7, 11) is -4.31. The molecule has 2 aromatic carbocycles. The lowest BCUT2D eigenvalue weighted by molar-refractivity contribution is -0.0228. The molecule has 2 aliphatic heterocycles. The van der Waals surface area contributed by atoms with E-state index in [1.165, 1.54) is 55.1 Å². The van der Waals surface area contributed by atoms with Crippen LogP contribution in [0.3, 0.4) is 0 Å². The van der Waals surface area contributed by atoms with Crippen molar-refractivity contribution in [1.29, 1.82) is 0 Å². The maximum Gasteiger partial charge on any atom is 0.270 e. The number of hydrogen-bond donors (Lipinski definition) is 5. The average Bonchev–Trinajstić information content (AvgIpc) is 3.88. The van der Waals surface area contributed by atoms with Crippen molar-refractivity contribution in [1.82, 2.24) is 24.6 Å². The Balaban J connectivity index is 0.887. The summed E-state index contributed by atoms with van der Waals surface area (Å²) in [5.74, 6) is 1.31. The number of anilines is 3. The van der Waals surface area contributed by atoms with Crippen molar-refractivity contribution in [3.63, 3.8) is 0 Å². The molecule has 4 aliphatic rings. The largest absolute Gasteiger partial charge is 0.455 e. The summed E-state index contributed by atoms with van der Waals surface area (Å²) < 4.78 is 35.8. The topological polar surface area (TPSA) is 185 Å². The van der Waals surface area contributed by atoms with Gasteiger partial charge in [-0.1, -0.05) is 38.1 Å². The van der Waals surface area contributed by atoms with Gasteiger partial charge in [-0.3, -0.25) is 9.69 Å². The number of ether oxygens (including phenoxy) is 1. The third kappa shape index (κ3) is 8.04. The summed E-state index contributed by atoms with van der Waals surface area (Å²) in [4.78, 5) is 31.0. The van der Waals surface area contributed by atoms with Crippen molar-refractivity contribution in [3.05, 3.63) is 95.9 Å². The summed E-state index contributed by atoms with van der Waals surface area (Å²) >= 11 is 0. The number of piperidine rings is 1. The molecule has 1 amide bonds. The number of sulfonamides is 1. The number of nitrogen functional groups attached to an aromatic ring is 1. The van der Waals surface area contributed by atoms with Gasteiger partial charge in [0.15, 0.2) is 0 Å². The van der Waals surface area contributed by atoms with Gasteiger partial charge in [-0.2, -0.15) is 0 Å². The first kappa shape index (κ1) is 40.2. The SMILES string of the molecule is CC(C)c1ccccc1[C@@H]1CCCN1C1CC2(CCN(c3cc(Oc4cnc5[nH]ccc5c4)c(C(=O)NS(=O)(=O)c4ccc(NCC5CC(C)(N)C5)c(N)c4)cn3)CC2)C1. The van der Waals surface area contributed by atoms with E-state index in [0.29, 0.717) is 58.8 Å². The van der Waals surface area contributed by atoms with Gasteiger partial charge in [-0.25, -0.2) is 23.1 Å². The quantitative estimate of drug-likeness (QED) is 0.0777. The normalized spacial score (nSPS) is 23.1. The van der Waals surface area contributed by atoms with E-state index in [4.69, 9.17) is 21.2 Å². The van der Waals surface area contributed by atoms with Gasteiger partial charge in [0, 0.05) is 61.1 Å². The number of carbonyl (C=O) groups is 1. The lowest BCUT2D eigenvalue weighted by atomic mass is 9.60.